The van der Waals surface area contributed by atoms with Gasteiger partial charge in [-0.15, -0.1) is 0 Å². The van der Waals surface area contributed by atoms with Crippen LogP contribution < -0.4 is 5.69 Å². The number of rotatable bonds is 3. The van der Waals surface area contributed by atoms with Gasteiger partial charge in [-0.2, -0.15) is 0 Å². The fourth-order valence-corrected chi connectivity index (χ4v) is 8.54. The summed E-state index contributed by atoms with van der Waals surface area (Å²) in [6.45, 7) is 0. The monoisotopic (exact) mass is 666 g/mol. The number of nitrogens with zero attached hydrogens (tertiary/aromatic N) is 4. The predicted octanol–water partition coefficient (Wildman–Crippen LogP) is 11.1. The minimum absolute atomic E-state index is 0.109. The molecule has 0 aliphatic heterocycles. The number of hydrogen-bond donors (Lipinski definition) is 0. The summed E-state index contributed by atoms with van der Waals surface area (Å²) < 4.78 is 5.83. The molecule has 0 atom stereocenters. The minimum Gasteiger partial charge on any atom is -0.309 e. The molecule has 0 unspecified atom stereocenters. The molecule has 0 aliphatic carbocycles. The topological polar surface area (TPSA) is 44.2 Å². The van der Waals surface area contributed by atoms with E-state index in [4.69, 9.17) is 4.98 Å². The summed E-state index contributed by atoms with van der Waals surface area (Å²) in [7, 11) is 1.85. The van der Waals surface area contributed by atoms with E-state index < -0.39 is 0 Å². The normalized spacial score (nSPS) is 12.0. The molecule has 5 nitrogen and oxygen atoms in total. The van der Waals surface area contributed by atoms with Crippen LogP contribution in [0.4, 0.5) is 0 Å². The van der Waals surface area contributed by atoms with Gasteiger partial charge in [0.1, 0.15) is 0 Å². The Labute approximate surface area is 297 Å². The van der Waals surface area contributed by atoms with Crippen LogP contribution in [0.25, 0.3) is 98.9 Å². The lowest BCUT2D eigenvalue weighted by Crippen LogP contribution is -2.24. The number of imidazole rings is 1. The van der Waals surface area contributed by atoms with Crippen molar-refractivity contribution in [2.45, 2.75) is 0 Å². The molecule has 5 heteroatoms. The van der Waals surface area contributed by atoms with Crippen molar-refractivity contribution in [2.24, 2.45) is 7.05 Å². The van der Waals surface area contributed by atoms with Crippen LogP contribution >= 0.6 is 0 Å². The van der Waals surface area contributed by atoms with Crippen LogP contribution in [-0.4, -0.2) is 18.5 Å². The maximum absolute atomic E-state index is 13.8. The van der Waals surface area contributed by atoms with Gasteiger partial charge in [0.25, 0.3) is 0 Å². The maximum Gasteiger partial charge on any atom is 0.334 e. The van der Waals surface area contributed by atoms with Gasteiger partial charge in [0.2, 0.25) is 0 Å². The molecule has 0 saturated heterocycles. The zero-order valence-corrected chi connectivity index (χ0v) is 28.3. The summed E-state index contributed by atoms with van der Waals surface area (Å²) in [5, 5.41) is 8.15. The number of para-hydroxylation sites is 4. The van der Waals surface area contributed by atoms with Gasteiger partial charge in [-0.05, 0) is 92.3 Å². The van der Waals surface area contributed by atoms with Crippen molar-refractivity contribution in [3.63, 3.8) is 0 Å². The average molecular weight is 667 g/mol. The Morgan fingerprint density at radius 1 is 0.442 bits per heavy atom. The van der Waals surface area contributed by atoms with E-state index in [1.54, 1.807) is 8.97 Å². The fourth-order valence-electron chi connectivity index (χ4n) is 8.54. The first kappa shape index (κ1) is 28.8. The van der Waals surface area contributed by atoms with Crippen molar-refractivity contribution in [1.29, 1.82) is 0 Å². The Kier molecular flexibility index (Phi) is 5.96. The smallest absolute Gasteiger partial charge is 0.309 e. The molecule has 0 N–H and O–H groups in total. The number of aromatic nitrogens is 4. The van der Waals surface area contributed by atoms with E-state index in [0.717, 1.165) is 44.3 Å². The molecule has 0 spiro atoms. The van der Waals surface area contributed by atoms with Gasteiger partial charge in [0.05, 0.1) is 27.6 Å². The molecule has 0 aliphatic rings. The summed E-state index contributed by atoms with van der Waals surface area (Å²) in [4.78, 5) is 18.7. The molecule has 244 valence electrons. The van der Waals surface area contributed by atoms with E-state index in [0.29, 0.717) is 5.65 Å². The third-order valence-electron chi connectivity index (χ3n) is 10.9. The molecular formula is C47H30N4O. The predicted molar refractivity (Wildman–Crippen MR) is 216 cm³/mol. The second-order valence-electron chi connectivity index (χ2n) is 13.6. The second-order valence-corrected chi connectivity index (χ2v) is 13.6. The van der Waals surface area contributed by atoms with Gasteiger partial charge < -0.3 is 4.57 Å². The first-order valence-corrected chi connectivity index (χ1v) is 17.6. The molecule has 3 heterocycles. The Balaban J connectivity index is 1.13. The first-order valence-electron chi connectivity index (χ1n) is 17.6. The third-order valence-corrected chi connectivity index (χ3v) is 10.9. The van der Waals surface area contributed by atoms with Crippen LogP contribution in [0, 0.1) is 0 Å². The van der Waals surface area contributed by atoms with E-state index in [-0.39, 0.29) is 5.69 Å². The van der Waals surface area contributed by atoms with Gasteiger partial charge in [-0.3, -0.25) is 4.57 Å². The largest absolute Gasteiger partial charge is 0.334 e. The van der Waals surface area contributed by atoms with Crippen molar-refractivity contribution >= 4 is 70.9 Å². The van der Waals surface area contributed by atoms with Crippen molar-refractivity contribution in [1.82, 2.24) is 18.5 Å². The first-order chi connectivity index (χ1) is 25.7. The van der Waals surface area contributed by atoms with E-state index in [1.165, 1.54) is 48.9 Å². The highest BCUT2D eigenvalue weighted by Crippen LogP contribution is 2.44. The molecule has 0 saturated carbocycles. The van der Waals surface area contributed by atoms with E-state index in [2.05, 4.69) is 144 Å². The highest BCUT2D eigenvalue weighted by Gasteiger charge is 2.20. The van der Waals surface area contributed by atoms with Gasteiger partial charge in [-0.25, -0.2) is 14.2 Å². The summed E-state index contributed by atoms with van der Waals surface area (Å²) in [6, 6.07) is 58.0. The summed E-state index contributed by atoms with van der Waals surface area (Å²) in [5.74, 6) is 0. The fraction of sp³-hybridized carbons (Fsp3) is 0.0213. The second kappa shape index (κ2) is 10.8. The summed E-state index contributed by atoms with van der Waals surface area (Å²) in [6.07, 6.45) is 0. The highest BCUT2D eigenvalue weighted by molar-refractivity contribution is 6.22. The van der Waals surface area contributed by atoms with Crippen LogP contribution in [0.1, 0.15) is 0 Å². The van der Waals surface area contributed by atoms with Crippen LogP contribution in [0.5, 0.6) is 0 Å². The molecule has 0 amide bonds. The van der Waals surface area contributed by atoms with Crippen molar-refractivity contribution < 1.29 is 0 Å². The highest BCUT2D eigenvalue weighted by atomic mass is 16.1. The van der Waals surface area contributed by atoms with E-state index in [9.17, 15) is 4.79 Å². The Morgan fingerprint density at radius 2 is 0.923 bits per heavy atom. The van der Waals surface area contributed by atoms with Gasteiger partial charge in [-0.1, -0.05) is 115 Å². The quantitative estimate of drug-likeness (QED) is 0.176. The number of hydrogen-bond acceptors (Lipinski definition) is 2. The minimum atomic E-state index is -0.109. The molecule has 8 aromatic carbocycles. The Hall–Kier alpha value is -6.98. The van der Waals surface area contributed by atoms with Gasteiger partial charge in [0.15, 0.2) is 5.65 Å². The van der Waals surface area contributed by atoms with Crippen molar-refractivity contribution in [3.8, 4) is 27.9 Å². The molecule has 0 bridgehead atoms. The van der Waals surface area contributed by atoms with Crippen LogP contribution in [0.2, 0.25) is 0 Å². The zero-order chi connectivity index (χ0) is 34.5. The zero-order valence-electron chi connectivity index (χ0n) is 28.3. The molecule has 11 rings (SSSR count). The Morgan fingerprint density at radius 3 is 1.52 bits per heavy atom. The Bertz CT molecular complexity index is 3220. The van der Waals surface area contributed by atoms with Crippen molar-refractivity contribution in [2.75, 3.05) is 0 Å². The third kappa shape index (κ3) is 3.93. The SMILES string of the molecule is Cn1c(=O)n2c3ccccc3nc2c2ccc(-c3c4ccccc4c(-c4ccc(-n5c6ccccc6c6ccccc65)cc4)c4ccccc34)cc21. The number of aryl methyl sites for hydroxylation is 1. The summed E-state index contributed by atoms with van der Waals surface area (Å²) in [5.41, 5.74) is 11.2. The lowest BCUT2D eigenvalue weighted by Gasteiger charge is -2.19. The summed E-state index contributed by atoms with van der Waals surface area (Å²) >= 11 is 0. The van der Waals surface area contributed by atoms with Crippen molar-refractivity contribution in [3.05, 3.63) is 174 Å². The standard InChI is InChI=1S/C47H30N4O/c1-49-43-28-30(24-27-38(43)46-48-39-18-8-11-21-42(39)51(46)47(49)52)45-36-16-4-2-14-34(36)44(35-15-3-5-17-37(35)45)29-22-25-31(26-23-29)50-40-19-9-6-12-32(40)33-13-7-10-20-41(33)50/h2-28H,1H3. The van der Waals surface area contributed by atoms with Crippen LogP contribution in [-0.2, 0) is 7.05 Å². The molecule has 52 heavy (non-hydrogen) atoms. The molecular weight excluding hydrogens is 637 g/mol. The van der Waals surface area contributed by atoms with E-state index in [1.807, 2.05) is 31.3 Å². The number of fused-ring (bicyclic) bond motifs is 10. The maximum atomic E-state index is 13.8. The average Bonchev–Trinajstić information content (AvgIpc) is 3.76. The lowest BCUT2D eigenvalue weighted by atomic mass is 9.86. The van der Waals surface area contributed by atoms with Crippen LogP contribution in [0.3, 0.4) is 0 Å². The molecule has 11 aromatic rings. The lowest BCUT2D eigenvalue weighted by molar-refractivity contribution is 0.836. The van der Waals surface area contributed by atoms with Gasteiger partial charge >= 0.3 is 5.69 Å². The van der Waals surface area contributed by atoms with E-state index >= 15 is 0 Å². The van der Waals surface area contributed by atoms with Crippen LogP contribution in [0.15, 0.2) is 169 Å². The van der Waals surface area contributed by atoms with Gasteiger partial charge in [0, 0.05) is 28.9 Å². The number of benzene rings is 8. The molecule has 0 radical (unpaired) electrons. The molecule has 0 fully saturated rings. The molecule has 3 aromatic heterocycles.